The van der Waals surface area contributed by atoms with Gasteiger partial charge in [-0.1, -0.05) is 11.6 Å². The molecule has 4 aliphatic rings. The Morgan fingerprint density at radius 3 is 2.59 bits per heavy atom. The summed E-state index contributed by atoms with van der Waals surface area (Å²) in [5, 5.41) is 15.4. The third kappa shape index (κ3) is 3.39. The summed E-state index contributed by atoms with van der Waals surface area (Å²) in [6.07, 6.45) is 1.19. The average Bonchev–Trinajstić information content (AvgIpc) is 3.62. The van der Waals surface area contributed by atoms with E-state index in [0.29, 0.717) is 24.1 Å². The summed E-state index contributed by atoms with van der Waals surface area (Å²) in [7, 11) is 0. The van der Waals surface area contributed by atoms with Crippen LogP contribution in [0.4, 0.5) is 20.3 Å². The van der Waals surface area contributed by atoms with Gasteiger partial charge in [-0.05, 0) is 36.9 Å². The van der Waals surface area contributed by atoms with E-state index in [0.717, 1.165) is 42.6 Å². The first-order chi connectivity index (χ1) is 16.1. The van der Waals surface area contributed by atoms with Gasteiger partial charge in [-0.15, -0.1) is 0 Å². The molecule has 1 spiro atoms. The van der Waals surface area contributed by atoms with E-state index in [2.05, 4.69) is 20.1 Å². The third-order valence-corrected chi connectivity index (χ3v) is 8.60. The van der Waals surface area contributed by atoms with Gasteiger partial charge in [0.05, 0.1) is 46.9 Å². The molecule has 1 aromatic heterocycles. The Morgan fingerprint density at radius 1 is 1.24 bits per heavy atom. The van der Waals surface area contributed by atoms with Gasteiger partial charge in [0.25, 0.3) is 5.92 Å². The Hall–Kier alpha value is -2.07. The van der Waals surface area contributed by atoms with Crippen molar-refractivity contribution in [3.8, 4) is 0 Å². The van der Waals surface area contributed by atoms with Crippen molar-refractivity contribution in [2.24, 2.45) is 11.3 Å². The number of rotatable bonds is 4. The average molecular weight is 493 g/mol. The fourth-order valence-electron chi connectivity index (χ4n) is 5.69. The number of carbonyl (C=O) groups is 1. The van der Waals surface area contributed by atoms with Gasteiger partial charge in [0.15, 0.2) is 0 Å². The van der Waals surface area contributed by atoms with E-state index >= 15 is 0 Å². The molecular formula is C24H27ClF2N4O3. The van der Waals surface area contributed by atoms with Crippen LogP contribution < -0.4 is 10.2 Å². The number of halogens is 3. The number of hydrogen-bond acceptors (Lipinski definition) is 6. The lowest BCUT2D eigenvalue weighted by Gasteiger charge is -2.45. The number of aromatic nitrogens is 1. The summed E-state index contributed by atoms with van der Waals surface area (Å²) in [4.78, 5) is 21.2. The van der Waals surface area contributed by atoms with E-state index in [4.69, 9.17) is 16.3 Å². The highest BCUT2D eigenvalue weighted by molar-refractivity contribution is 6.34. The molecule has 7 nitrogen and oxygen atoms in total. The van der Waals surface area contributed by atoms with Crippen LogP contribution in [0.2, 0.25) is 5.02 Å². The number of pyridine rings is 1. The number of aliphatic hydroxyl groups excluding tert-OH is 1. The van der Waals surface area contributed by atoms with E-state index < -0.39 is 23.4 Å². The number of amides is 1. The molecule has 34 heavy (non-hydrogen) atoms. The monoisotopic (exact) mass is 492 g/mol. The number of piperazine rings is 1. The number of ether oxygens (including phenoxy) is 1. The van der Waals surface area contributed by atoms with Crippen LogP contribution in [-0.4, -0.2) is 77.9 Å². The molecule has 3 heterocycles. The van der Waals surface area contributed by atoms with Crippen LogP contribution in [0.15, 0.2) is 24.4 Å². The number of carbonyl (C=O) groups excluding carboxylic acids is 1. The second-order valence-corrected chi connectivity index (χ2v) is 10.8. The number of aliphatic hydroxyl groups is 1. The van der Waals surface area contributed by atoms with Crippen molar-refractivity contribution >= 4 is 39.8 Å². The Kier molecular flexibility index (Phi) is 4.92. The fraction of sp³-hybridized carbons (Fsp3) is 0.583. The molecule has 182 valence electrons. The van der Waals surface area contributed by atoms with Gasteiger partial charge >= 0.3 is 0 Å². The van der Waals surface area contributed by atoms with E-state index in [1.165, 1.54) is 0 Å². The number of benzene rings is 1. The fourth-order valence-corrected chi connectivity index (χ4v) is 5.98. The molecule has 1 amide bonds. The SMILES string of the molecule is C[C@]1(N2CCN(c3cc4cc(NC(=O)C5CC56CC6(F)F)ncc4cc3Cl)CC2)COC[C@H]1O. The van der Waals surface area contributed by atoms with E-state index in [1.807, 2.05) is 19.1 Å². The molecule has 4 atom stereocenters. The summed E-state index contributed by atoms with van der Waals surface area (Å²) in [5.74, 6) is -3.38. The van der Waals surface area contributed by atoms with Crippen LogP contribution in [0.3, 0.4) is 0 Å². The number of anilines is 2. The Bertz CT molecular complexity index is 1170. The van der Waals surface area contributed by atoms with Crippen molar-refractivity contribution in [1.82, 2.24) is 9.88 Å². The molecule has 4 fully saturated rings. The summed E-state index contributed by atoms with van der Waals surface area (Å²) < 4.78 is 32.5. The minimum Gasteiger partial charge on any atom is -0.389 e. The van der Waals surface area contributed by atoms with Crippen molar-refractivity contribution in [2.45, 2.75) is 37.3 Å². The topological polar surface area (TPSA) is 77.9 Å². The van der Waals surface area contributed by atoms with Gasteiger partial charge in [-0.2, -0.15) is 0 Å². The molecule has 2 aromatic rings. The van der Waals surface area contributed by atoms with Gasteiger partial charge in [0.1, 0.15) is 5.82 Å². The van der Waals surface area contributed by atoms with Gasteiger partial charge in [0, 0.05) is 44.2 Å². The van der Waals surface area contributed by atoms with Gasteiger partial charge in [-0.25, -0.2) is 13.8 Å². The lowest BCUT2D eigenvalue weighted by Crippen LogP contribution is -2.60. The van der Waals surface area contributed by atoms with Gasteiger partial charge < -0.3 is 20.1 Å². The second-order valence-electron chi connectivity index (χ2n) is 10.4. The lowest BCUT2D eigenvalue weighted by atomic mass is 9.95. The largest absolute Gasteiger partial charge is 0.389 e. The first kappa shape index (κ1) is 22.4. The zero-order chi connectivity index (χ0) is 23.9. The van der Waals surface area contributed by atoms with Crippen LogP contribution in [-0.2, 0) is 9.53 Å². The first-order valence-electron chi connectivity index (χ1n) is 11.7. The quantitative estimate of drug-likeness (QED) is 0.683. The van der Waals surface area contributed by atoms with Crippen molar-refractivity contribution in [3.05, 3.63) is 29.4 Å². The van der Waals surface area contributed by atoms with Gasteiger partial charge in [-0.3, -0.25) is 9.69 Å². The van der Waals surface area contributed by atoms with E-state index in [9.17, 15) is 18.7 Å². The van der Waals surface area contributed by atoms with Crippen LogP contribution >= 0.6 is 11.6 Å². The molecule has 1 aromatic carbocycles. The summed E-state index contributed by atoms with van der Waals surface area (Å²) in [6, 6.07) is 5.60. The summed E-state index contributed by atoms with van der Waals surface area (Å²) >= 11 is 6.61. The van der Waals surface area contributed by atoms with Crippen molar-refractivity contribution < 1.29 is 23.4 Å². The van der Waals surface area contributed by atoms with Crippen molar-refractivity contribution in [1.29, 1.82) is 0 Å². The lowest BCUT2D eigenvalue weighted by molar-refractivity contribution is -0.118. The predicted molar refractivity (Wildman–Crippen MR) is 125 cm³/mol. The van der Waals surface area contributed by atoms with Gasteiger partial charge in [0.2, 0.25) is 5.91 Å². The van der Waals surface area contributed by atoms with Crippen LogP contribution in [0.1, 0.15) is 19.8 Å². The normalized spacial score (nSPS) is 34.6. The minimum atomic E-state index is -2.71. The highest BCUT2D eigenvalue weighted by Crippen LogP contribution is 2.79. The van der Waals surface area contributed by atoms with E-state index in [1.54, 1.807) is 12.3 Å². The smallest absolute Gasteiger partial charge is 0.255 e. The van der Waals surface area contributed by atoms with Crippen LogP contribution in [0, 0.1) is 11.3 Å². The number of fused-ring (bicyclic) bond motifs is 1. The minimum absolute atomic E-state index is 0.191. The summed E-state index contributed by atoms with van der Waals surface area (Å²) in [6.45, 7) is 5.98. The number of nitrogens with one attached hydrogen (secondary N) is 1. The number of hydrogen-bond donors (Lipinski definition) is 2. The maximum atomic E-state index is 13.5. The Balaban J connectivity index is 1.17. The molecule has 2 saturated heterocycles. The zero-order valence-electron chi connectivity index (χ0n) is 18.9. The number of nitrogens with zero attached hydrogens (tertiary/aromatic N) is 3. The first-order valence-corrected chi connectivity index (χ1v) is 12.0. The maximum absolute atomic E-state index is 13.5. The third-order valence-electron chi connectivity index (χ3n) is 8.30. The highest BCUT2D eigenvalue weighted by atomic mass is 35.5. The molecule has 2 unspecified atom stereocenters. The molecule has 2 N–H and O–H groups in total. The predicted octanol–water partition coefficient (Wildman–Crippen LogP) is 3.14. The molecule has 6 rings (SSSR count). The standard InChI is InChI=1S/C24H27ClF2N4O3/c1-22(13-34-11-19(22)32)31-4-2-30(3-5-31)18-7-14-8-20(28-10-15(14)6-17(18)25)29-21(33)16-9-23(16)12-24(23,26)27/h6-8,10,16,19,32H,2-5,9,11-13H2,1H3,(H,28,29,33)/t16?,19-,22+,23?/m1/s1. The summed E-state index contributed by atoms with van der Waals surface area (Å²) in [5.41, 5.74) is -0.582. The molecule has 0 radical (unpaired) electrons. The molecule has 10 heteroatoms. The molecule has 2 aliphatic heterocycles. The van der Waals surface area contributed by atoms with Crippen molar-refractivity contribution in [2.75, 3.05) is 49.6 Å². The van der Waals surface area contributed by atoms with Crippen LogP contribution in [0.5, 0.6) is 0 Å². The van der Waals surface area contributed by atoms with Crippen LogP contribution in [0.25, 0.3) is 10.8 Å². The molecular weight excluding hydrogens is 466 g/mol. The molecule has 2 saturated carbocycles. The molecule has 0 bridgehead atoms. The van der Waals surface area contributed by atoms with Crippen molar-refractivity contribution in [3.63, 3.8) is 0 Å². The second kappa shape index (κ2) is 7.46. The highest BCUT2D eigenvalue weighted by Gasteiger charge is 2.85. The number of alkyl halides is 2. The Labute approximate surface area is 201 Å². The Morgan fingerprint density at radius 2 is 1.97 bits per heavy atom. The maximum Gasteiger partial charge on any atom is 0.255 e. The van der Waals surface area contributed by atoms with E-state index in [-0.39, 0.29) is 24.3 Å². The molecule has 2 aliphatic carbocycles. The zero-order valence-corrected chi connectivity index (χ0v) is 19.6.